The Balaban J connectivity index is 0.000000461. The number of nitrogens with one attached hydrogen (secondary N) is 1. The molecule has 2 rings (SSSR count). The van der Waals surface area contributed by atoms with Gasteiger partial charge in [0.2, 0.25) is 5.78 Å². The van der Waals surface area contributed by atoms with E-state index < -0.39 is 0 Å². The van der Waals surface area contributed by atoms with Gasteiger partial charge in [-0.3, -0.25) is 9.59 Å². The molecule has 0 saturated heterocycles. The van der Waals surface area contributed by atoms with E-state index in [2.05, 4.69) is 4.98 Å². The lowest BCUT2D eigenvalue weighted by Gasteiger charge is -2.02. The summed E-state index contributed by atoms with van der Waals surface area (Å²) in [4.78, 5) is 25.2. The highest BCUT2D eigenvalue weighted by molar-refractivity contribution is 6.21. The monoisotopic (exact) mass is 191 g/mol. The molecule has 3 heteroatoms. The molecule has 0 spiro atoms. The third kappa shape index (κ3) is 1.53. The Hall–Kier alpha value is -1.64. The summed E-state index contributed by atoms with van der Waals surface area (Å²) in [5, 5.41) is 0. The van der Waals surface area contributed by atoms with Crippen LogP contribution in [0.2, 0.25) is 0 Å². The molecule has 0 bridgehead atoms. The largest absolute Gasteiger partial charge is 0.358 e. The molecule has 0 fully saturated rings. The number of aromatic nitrogens is 1. The molecule has 1 aliphatic carbocycles. The van der Waals surface area contributed by atoms with Crippen molar-refractivity contribution in [3.8, 4) is 0 Å². The summed E-state index contributed by atoms with van der Waals surface area (Å²) >= 11 is 0. The second-order valence-corrected chi connectivity index (χ2v) is 2.78. The van der Waals surface area contributed by atoms with E-state index in [1.165, 1.54) is 12.2 Å². The van der Waals surface area contributed by atoms with Gasteiger partial charge in [0.15, 0.2) is 5.78 Å². The molecule has 1 aromatic rings. The maximum atomic E-state index is 11.3. The second kappa shape index (κ2) is 4.05. The van der Waals surface area contributed by atoms with E-state index >= 15 is 0 Å². The van der Waals surface area contributed by atoms with Crippen LogP contribution in [-0.2, 0) is 0 Å². The number of H-pyrrole nitrogens is 1. The summed E-state index contributed by atoms with van der Waals surface area (Å²) in [7, 11) is 0. The molecule has 1 heterocycles. The van der Waals surface area contributed by atoms with Gasteiger partial charge < -0.3 is 4.98 Å². The molecule has 0 aliphatic heterocycles. The summed E-state index contributed by atoms with van der Waals surface area (Å²) in [5.74, 6) is -0.221. The van der Waals surface area contributed by atoms with Gasteiger partial charge in [0, 0.05) is 6.20 Å². The standard InChI is InChI=1S/C9H7NO2.C2H6/c1-5-4-10-9-7(12)3-2-6(11)8(5)9;1-2/h2-4,10H,1H3;1-2H3. The summed E-state index contributed by atoms with van der Waals surface area (Å²) in [6.45, 7) is 5.81. The molecule has 14 heavy (non-hydrogen) atoms. The molecule has 0 unspecified atom stereocenters. The van der Waals surface area contributed by atoms with Crippen LogP contribution in [-0.4, -0.2) is 16.6 Å². The summed E-state index contributed by atoms with van der Waals surface area (Å²) in [6.07, 6.45) is 4.28. The number of hydrogen-bond donors (Lipinski definition) is 1. The minimum absolute atomic E-state index is 0.0941. The van der Waals surface area contributed by atoms with Crippen LogP contribution in [0, 0.1) is 6.92 Å². The van der Waals surface area contributed by atoms with Crippen molar-refractivity contribution in [3.63, 3.8) is 0 Å². The van der Waals surface area contributed by atoms with Gasteiger partial charge in [-0.1, -0.05) is 13.8 Å². The van der Waals surface area contributed by atoms with Crippen LogP contribution in [0.15, 0.2) is 18.3 Å². The summed E-state index contributed by atoms with van der Waals surface area (Å²) in [6, 6.07) is 0. The fraction of sp³-hybridized carbons (Fsp3) is 0.273. The highest BCUT2D eigenvalue weighted by Crippen LogP contribution is 2.18. The minimum Gasteiger partial charge on any atom is -0.358 e. The van der Waals surface area contributed by atoms with Gasteiger partial charge in [-0.25, -0.2) is 0 Å². The van der Waals surface area contributed by atoms with E-state index in [0.717, 1.165) is 5.56 Å². The zero-order chi connectivity index (χ0) is 10.7. The molecule has 3 nitrogen and oxygen atoms in total. The van der Waals surface area contributed by atoms with Gasteiger partial charge in [0.25, 0.3) is 0 Å². The quantitative estimate of drug-likeness (QED) is 0.684. The Bertz CT molecular complexity index is 399. The first kappa shape index (κ1) is 10.4. The predicted molar refractivity (Wildman–Crippen MR) is 54.7 cm³/mol. The molecule has 74 valence electrons. The minimum atomic E-state index is -0.127. The van der Waals surface area contributed by atoms with Crippen molar-refractivity contribution >= 4 is 11.6 Å². The number of ketones is 2. The topological polar surface area (TPSA) is 49.9 Å². The molecule has 1 aromatic heterocycles. The van der Waals surface area contributed by atoms with E-state index in [1.54, 1.807) is 13.1 Å². The lowest BCUT2D eigenvalue weighted by Crippen LogP contribution is -2.10. The Kier molecular flexibility index (Phi) is 3.02. The van der Waals surface area contributed by atoms with Crippen molar-refractivity contribution in [1.82, 2.24) is 4.98 Å². The first-order valence-corrected chi connectivity index (χ1v) is 4.65. The van der Waals surface area contributed by atoms with Gasteiger partial charge >= 0.3 is 0 Å². The SMILES string of the molecule is CC.Cc1c[nH]c2c1C(=O)C=CC2=O. The van der Waals surface area contributed by atoms with Crippen LogP contribution in [0.3, 0.4) is 0 Å². The Morgan fingerprint density at radius 3 is 2.21 bits per heavy atom. The summed E-state index contributed by atoms with van der Waals surface area (Å²) < 4.78 is 0. The van der Waals surface area contributed by atoms with Crippen molar-refractivity contribution in [2.24, 2.45) is 0 Å². The third-order valence-corrected chi connectivity index (χ3v) is 1.96. The number of allylic oxidation sites excluding steroid dienone is 2. The van der Waals surface area contributed by atoms with Gasteiger partial charge in [-0.2, -0.15) is 0 Å². The molecular formula is C11H13NO2. The molecule has 0 aromatic carbocycles. The number of fused-ring (bicyclic) bond motifs is 1. The lowest BCUT2D eigenvalue weighted by molar-refractivity contribution is 0.0991. The van der Waals surface area contributed by atoms with Gasteiger partial charge in [0.05, 0.1) is 11.3 Å². The Labute approximate surface area is 82.8 Å². The molecule has 1 N–H and O–H groups in total. The average Bonchev–Trinajstić information content (AvgIpc) is 2.59. The van der Waals surface area contributed by atoms with Crippen LogP contribution in [0.5, 0.6) is 0 Å². The fourth-order valence-electron chi connectivity index (χ4n) is 1.35. The van der Waals surface area contributed by atoms with Gasteiger partial charge in [-0.15, -0.1) is 0 Å². The van der Waals surface area contributed by atoms with Crippen molar-refractivity contribution in [1.29, 1.82) is 0 Å². The zero-order valence-electron chi connectivity index (χ0n) is 8.55. The Morgan fingerprint density at radius 1 is 1.07 bits per heavy atom. The first-order chi connectivity index (χ1) is 6.70. The first-order valence-electron chi connectivity index (χ1n) is 4.65. The number of aryl methyl sites for hydroxylation is 1. The molecule has 0 radical (unpaired) electrons. The normalized spacial score (nSPS) is 13.4. The smallest absolute Gasteiger partial charge is 0.202 e. The van der Waals surface area contributed by atoms with Crippen LogP contribution in [0.4, 0.5) is 0 Å². The van der Waals surface area contributed by atoms with Crippen LogP contribution in [0.25, 0.3) is 0 Å². The van der Waals surface area contributed by atoms with Crippen LogP contribution in [0.1, 0.15) is 40.3 Å². The number of rotatable bonds is 0. The predicted octanol–water partition coefficient (Wildman–Crippen LogP) is 2.28. The maximum absolute atomic E-state index is 11.3. The van der Waals surface area contributed by atoms with Gasteiger partial charge in [0.1, 0.15) is 0 Å². The summed E-state index contributed by atoms with van der Waals surface area (Å²) in [5.41, 5.74) is 1.76. The maximum Gasteiger partial charge on any atom is 0.202 e. The second-order valence-electron chi connectivity index (χ2n) is 2.78. The molecule has 0 amide bonds. The number of carbonyl (C=O) groups is 2. The van der Waals surface area contributed by atoms with Crippen molar-refractivity contribution in [2.75, 3.05) is 0 Å². The van der Waals surface area contributed by atoms with Crippen LogP contribution >= 0.6 is 0 Å². The lowest BCUT2D eigenvalue weighted by atomic mass is 9.99. The molecular weight excluding hydrogens is 178 g/mol. The number of hydrogen-bond acceptors (Lipinski definition) is 2. The van der Waals surface area contributed by atoms with Crippen molar-refractivity contribution in [2.45, 2.75) is 20.8 Å². The molecule has 0 atom stereocenters. The van der Waals surface area contributed by atoms with E-state index in [-0.39, 0.29) is 11.6 Å². The highest BCUT2D eigenvalue weighted by Gasteiger charge is 2.21. The number of carbonyl (C=O) groups excluding carboxylic acids is 2. The molecule has 0 saturated carbocycles. The Morgan fingerprint density at radius 2 is 1.64 bits per heavy atom. The van der Waals surface area contributed by atoms with E-state index in [4.69, 9.17) is 0 Å². The highest BCUT2D eigenvalue weighted by atomic mass is 16.1. The third-order valence-electron chi connectivity index (χ3n) is 1.96. The van der Waals surface area contributed by atoms with Crippen LogP contribution < -0.4 is 0 Å². The fourth-order valence-corrected chi connectivity index (χ4v) is 1.35. The van der Waals surface area contributed by atoms with E-state index in [0.29, 0.717) is 11.3 Å². The van der Waals surface area contributed by atoms with E-state index in [1.807, 2.05) is 13.8 Å². The zero-order valence-corrected chi connectivity index (χ0v) is 8.55. The number of aromatic amines is 1. The van der Waals surface area contributed by atoms with Gasteiger partial charge in [-0.05, 0) is 24.6 Å². The van der Waals surface area contributed by atoms with Crippen molar-refractivity contribution < 1.29 is 9.59 Å². The van der Waals surface area contributed by atoms with E-state index in [9.17, 15) is 9.59 Å². The molecule has 1 aliphatic rings. The van der Waals surface area contributed by atoms with Crippen molar-refractivity contribution in [3.05, 3.63) is 35.2 Å². The average molecular weight is 191 g/mol.